The fraction of sp³-hybridized carbons (Fsp3) is 0.429. The lowest BCUT2D eigenvalue weighted by atomic mass is 10.1. The average Bonchev–Trinajstić information content (AvgIpc) is 2.98. The number of rotatable bonds is 8. The quantitative estimate of drug-likeness (QED) is 0.348. The van der Waals surface area contributed by atoms with Gasteiger partial charge < -0.3 is 14.6 Å². The Hall–Kier alpha value is -3.42. The molecule has 2 amide bonds. The number of carbonyl (C=O) groups is 3. The molecule has 1 aliphatic rings. The molecule has 2 aromatic rings. The normalized spacial score (nSPS) is 16.1. The number of aromatic nitrogens is 2. The van der Waals surface area contributed by atoms with Gasteiger partial charge in [0, 0.05) is 13.5 Å². The Labute approximate surface area is 177 Å². The minimum absolute atomic E-state index is 0.0546. The number of amides is 2. The third kappa shape index (κ3) is 5.20. The summed E-state index contributed by atoms with van der Waals surface area (Å²) in [6, 6.07) is 4.53. The molecule has 1 aromatic heterocycles. The van der Waals surface area contributed by atoms with E-state index < -0.39 is 17.9 Å². The van der Waals surface area contributed by atoms with Crippen molar-refractivity contribution in [3.63, 3.8) is 0 Å². The maximum Gasteiger partial charge on any atom is 0.329 e. The van der Waals surface area contributed by atoms with E-state index in [0.717, 1.165) is 0 Å². The lowest BCUT2D eigenvalue weighted by molar-refractivity contribution is -0.138. The highest BCUT2D eigenvalue weighted by Gasteiger charge is 2.31. The molecule has 0 saturated carbocycles. The highest BCUT2D eigenvalue weighted by Crippen LogP contribution is 2.24. The van der Waals surface area contributed by atoms with Gasteiger partial charge in [0.05, 0.1) is 42.8 Å². The second-order valence-electron chi connectivity index (χ2n) is 6.96. The van der Waals surface area contributed by atoms with Crippen LogP contribution in [-0.4, -0.2) is 58.5 Å². The van der Waals surface area contributed by atoms with Crippen LogP contribution < -0.4 is 11.0 Å². The summed E-state index contributed by atoms with van der Waals surface area (Å²) in [7, 11) is 1.61. The number of fused-ring (bicyclic) bond motifs is 1. The molecule has 0 aliphatic carbocycles. The molecule has 1 fully saturated rings. The number of hydrogen-bond donors (Lipinski definition) is 2. The summed E-state index contributed by atoms with van der Waals surface area (Å²) < 4.78 is 13.3. The topological polar surface area (TPSA) is 129 Å². The Morgan fingerprint density at radius 2 is 2.00 bits per heavy atom. The van der Waals surface area contributed by atoms with Crippen LogP contribution in [0.4, 0.5) is 0 Å². The Bertz CT molecular complexity index is 1120. The molecule has 2 heterocycles. The van der Waals surface area contributed by atoms with Crippen molar-refractivity contribution in [1.82, 2.24) is 14.5 Å². The number of ether oxygens (including phenoxy) is 2. The van der Waals surface area contributed by atoms with E-state index in [0.29, 0.717) is 16.6 Å². The molecule has 10 heteroatoms. The lowest BCUT2D eigenvalue weighted by Gasteiger charge is -2.21. The van der Waals surface area contributed by atoms with Crippen LogP contribution in [0.3, 0.4) is 0 Å². The molecule has 10 nitrogen and oxygen atoms in total. The summed E-state index contributed by atoms with van der Waals surface area (Å²) in [6.07, 6.45) is 0.388. The van der Waals surface area contributed by atoms with Gasteiger partial charge in [0.25, 0.3) is 0 Å². The van der Waals surface area contributed by atoms with Gasteiger partial charge in [-0.3, -0.25) is 28.8 Å². The minimum atomic E-state index is -0.915. The van der Waals surface area contributed by atoms with Crippen molar-refractivity contribution in [3.05, 3.63) is 34.2 Å². The van der Waals surface area contributed by atoms with Crippen molar-refractivity contribution in [2.75, 3.05) is 26.4 Å². The highest BCUT2D eigenvalue weighted by molar-refractivity contribution is 6.00. The van der Waals surface area contributed by atoms with Crippen molar-refractivity contribution in [2.24, 2.45) is 7.05 Å². The molecule has 2 N–H and O–H groups in total. The number of para-hydroxylation sites is 1. The van der Waals surface area contributed by atoms with Crippen molar-refractivity contribution in [1.29, 1.82) is 0 Å². The van der Waals surface area contributed by atoms with E-state index in [1.165, 1.54) is 9.13 Å². The van der Waals surface area contributed by atoms with Crippen molar-refractivity contribution in [2.45, 2.75) is 25.3 Å². The molecule has 1 aliphatic heterocycles. The van der Waals surface area contributed by atoms with Gasteiger partial charge in [-0.05, 0) is 18.6 Å². The second kappa shape index (κ2) is 10.1. The third-order valence-corrected chi connectivity index (χ3v) is 4.85. The summed E-state index contributed by atoms with van der Waals surface area (Å²) in [5.41, 5.74) is 1.43. The zero-order valence-electron chi connectivity index (χ0n) is 17.1. The number of nitrogens with zero attached hydrogens (tertiary/aromatic N) is 2. The smallest absolute Gasteiger partial charge is 0.329 e. The fourth-order valence-electron chi connectivity index (χ4n) is 3.40. The first-order valence-electron chi connectivity index (χ1n) is 9.80. The number of imidazole rings is 1. The van der Waals surface area contributed by atoms with Crippen LogP contribution in [0.1, 0.15) is 30.9 Å². The van der Waals surface area contributed by atoms with Gasteiger partial charge in [0.2, 0.25) is 11.8 Å². The number of imide groups is 1. The van der Waals surface area contributed by atoms with E-state index in [4.69, 9.17) is 14.6 Å². The first-order valence-corrected chi connectivity index (χ1v) is 9.80. The lowest BCUT2D eigenvalue weighted by Crippen LogP contribution is -2.44. The molecule has 1 saturated heterocycles. The number of aryl methyl sites for hydroxylation is 1. The molecular weight excluding hydrogens is 406 g/mol. The van der Waals surface area contributed by atoms with Crippen LogP contribution in [0, 0.1) is 11.8 Å². The second-order valence-corrected chi connectivity index (χ2v) is 6.96. The van der Waals surface area contributed by atoms with Gasteiger partial charge in [-0.1, -0.05) is 17.9 Å². The fourth-order valence-corrected chi connectivity index (χ4v) is 3.40. The largest absolute Gasteiger partial charge is 0.481 e. The highest BCUT2D eigenvalue weighted by atomic mass is 16.5. The Morgan fingerprint density at radius 3 is 2.74 bits per heavy atom. The number of carboxylic acid groups (broad SMARTS) is 1. The summed E-state index contributed by atoms with van der Waals surface area (Å²) in [4.78, 5) is 47.0. The first kappa shape index (κ1) is 22.3. The molecule has 1 atom stereocenters. The molecule has 31 heavy (non-hydrogen) atoms. The summed E-state index contributed by atoms with van der Waals surface area (Å²) in [5, 5.41) is 10.8. The van der Waals surface area contributed by atoms with Crippen LogP contribution >= 0.6 is 0 Å². The predicted octanol–water partition coefficient (Wildman–Crippen LogP) is 0.177. The van der Waals surface area contributed by atoms with Gasteiger partial charge in [0.1, 0.15) is 12.6 Å². The molecule has 0 radical (unpaired) electrons. The van der Waals surface area contributed by atoms with Gasteiger partial charge in [-0.2, -0.15) is 0 Å². The van der Waals surface area contributed by atoms with Gasteiger partial charge in [-0.15, -0.1) is 0 Å². The number of carbonyl (C=O) groups excluding carboxylic acids is 2. The van der Waals surface area contributed by atoms with Crippen molar-refractivity contribution in [3.8, 4) is 11.8 Å². The number of aliphatic carboxylic acids is 1. The Balaban J connectivity index is 1.70. The van der Waals surface area contributed by atoms with Crippen LogP contribution in [0.25, 0.3) is 11.0 Å². The maximum absolute atomic E-state index is 12.8. The molecule has 1 aromatic carbocycles. The summed E-state index contributed by atoms with van der Waals surface area (Å²) in [5.74, 6) is 4.13. The Kier molecular flexibility index (Phi) is 7.23. The zero-order chi connectivity index (χ0) is 22.4. The van der Waals surface area contributed by atoms with Gasteiger partial charge in [0.15, 0.2) is 0 Å². The van der Waals surface area contributed by atoms with Crippen molar-refractivity contribution < 1.29 is 29.0 Å². The molecule has 164 valence electrons. The molecular formula is C21H23N3O7. The number of carboxylic acids is 1. The van der Waals surface area contributed by atoms with E-state index in [1.54, 1.807) is 25.2 Å². The number of nitrogens with one attached hydrogen (secondary N) is 1. The number of benzene rings is 1. The molecule has 0 bridgehead atoms. The van der Waals surface area contributed by atoms with E-state index in [9.17, 15) is 19.2 Å². The monoisotopic (exact) mass is 429 g/mol. The van der Waals surface area contributed by atoms with E-state index in [-0.39, 0.29) is 57.3 Å². The third-order valence-electron chi connectivity index (χ3n) is 4.85. The standard InChI is InChI=1S/C21H23N3O7/c1-23-19-14(5-3-10-30-12-13-31-11-9-18(26)27)4-2-6-15(19)24(21(23)29)16-7-8-17(25)22-20(16)28/h2,4,6,16H,7-13H2,1H3,(H,26,27)(H,22,25,28). The van der Waals surface area contributed by atoms with Crippen molar-refractivity contribution >= 4 is 28.8 Å². The number of piperidine rings is 1. The van der Waals surface area contributed by atoms with E-state index >= 15 is 0 Å². The summed E-state index contributed by atoms with van der Waals surface area (Å²) >= 11 is 0. The van der Waals surface area contributed by atoms with E-state index in [1.807, 2.05) is 0 Å². The van der Waals surface area contributed by atoms with Crippen LogP contribution in [0.2, 0.25) is 0 Å². The van der Waals surface area contributed by atoms with Crippen LogP contribution in [0.5, 0.6) is 0 Å². The SMILES string of the molecule is Cn1c(=O)n(C2CCC(=O)NC2=O)c2cccc(C#CCOCCOCCC(=O)O)c21. The molecule has 1 unspecified atom stereocenters. The average molecular weight is 429 g/mol. The molecule has 0 spiro atoms. The van der Waals surface area contributed by atoms with Crippen LogP contribution in [0.15, 0.2) is 23.0 Å². The maximum atomic E-state index is 12.8. The van der Waals surface area contributed by atoms with E-state index in [2.05, 4.69) is 17.2 Å². The first-order chi connectivity index (χ1) is 14.9. The predicted molar refractivity (Wildman–Crippen MR) is 109 cm³/mol. The van der Waals surface area contributed by atoms with Gasteiger partial charge in [-0.25, -0.2) is 4.79 Å². The van der Waals surface area contributed by atoms with Crippen LogP contribution in [-0.2, 0) is 30.9 Å². The minimum Gasteiger partial charge on any atom is -0.481 e. The van der Waals surface area contributed by atoms with Gasteiger partial charge >= 0.3 is 11.7 Å². The summed E-state index contributed by atoms with van der Waals surface area (Å²) in [6.45, 7) is 0.821. The number of hydrogen-bond acceptors (Lipinski definition) is 6. The Morgan fingerprint density at radius 1 is 1.23 bits per heavy atom. The molecule has 3 rings (SSSR count). The zero-order valence-corrected chi connectivity index (χ0v) is 17.1.